The molecule has 0 aliphatic carbocycles. The Morgan fingerprint density at radius 2 is 2.31 bits per heavy atom. The van der Waals surface area contributed by atoms with E-state index in [1.807, 2.05) is 13.8 Å². The average molecular weight is 242 g/mol. The minimum atomic E-state index is -0.325. The zero-order valence-corrected chi connectivity index (χ0v) is 10.3. The van der Waals surface area contributed by atoms with Crippen LogP contribution in [-0.2, 0) is 16.0 Å². The zero-order valence-electron chi connectivity index (χ0n) is 9.57. The molecule has 0 radical (unpaired) electrons. The minimum Gasteiger partial charge on any atom is -0.371 e. The van der Waals surface area contributed by atoms with Crippen molar-refractivity contribution in [3.63, 3.8) is 0 Å². The van der Waals surface area contributed by atoms with Gasteiger partial charge in [0, 0.05) is 25.4 Å². The molecule has 1 aromatic heterocycles. The van der Waals surface area contributed by atoms with Gasteiger partial charge in [0.25, 0.3) is 0 Å². The quantitative estimate of drug-likeness (QED) is 0.769. The fourth-order valence-corrected chi connectivity index (χ4v) is 1.67. The van der Waals surface area contributed by atoms with Crippen LogP contribution in [0.5, 0.6) is 0 Å². The predicted octanol–water partition coefficient (Wildman–Crippen LogP) is 2.66. The maximum atomic E-state index is 11.9. The molecule has 0 spiro atoms. The fourth-order valence-electron chi connectivity index (χ4n) is 1.49. The molecule has 1 heterocycles. The van der Waals surface area contributed by atoms with Crippen LogP contribution in [0.25, 0.3) is 0 Å². The molecule has 0 N–H and O–H groups in total. The monoisotopic (exact) mass is 241 g/mol. The third-order valence-electron chi connectivity index (χ3n) is 2.32. The number of hydrogen-bond donors (Lipinski definition) is 0. The van der Waals surface area contributed by atoms with Gasteiger partial charge in [0.05, 0.1) is 5.02 Å². The number of Topliss-reactive ketones (excluding diaryl/α,β-unsaturated/α-hetero) is 1. The Labute approximate surface area is 101 Å². The number of nitrogens with zero attached hydrogens (tertiary/aromatic N) is 1. The number of ether oxygens (including phenoxy) is 1. The Morgan fingerprint density at radius 1 is 1.56 bits per heavy atom. The van der Waals surface area contributed by atoms with Gasteiger partial charge in [-0.2, -0.15) is 0 Å². The molecule has 1 aromatic rings. The molecule has 0 amide bonds. The Kier molecular flexibility index (Phi) is 5.43. The van der Waals surface area contributed by atoms with Crippen LogP contribution in [0, 0.1) is 0 Å². The third kappa shape index (κ3) is 3.58. The highest BCUT2D eigenvalue weighted by Crippen LogP contribution is 2.15. The highest BCUT2D eigenvalue weighted by Gasteiger charge is 2.17. The van der Waals surface area contributed by atoms with E-state index in [1.165, 1.54) is 0 Å². The lowest BCUT2D eigenvalue weighted by atomic mass is 10.0. The number of hydrogen-bond acceptors (Lipinski definition) is 3. The van der Waals surface area contributed by atoms with Crippen LogP contribution in [0.1, 0.15) is 25.8 Å². The van der Waals surface area contributed by atoms with E-state index in [9.17, 15) is 4.79 Å². The molecule has 3 nitrogen and oxygen atoms in total. The number of carbonyl (C=O) groups is 1. The topological polar surface area (TPSA) is 39.2 Å². The lowest BCUT2D eigenvalue weighted by Crippen LogP contribution is -2.25. The molecular formula is C12H16ClNO2. The Bertz CT molecular complexity index is 355. The Balaban J connectivity index is 2.66. The largest absolute Gasteiger partial charge is 0.371 e. The number of aromatic nitrogens is 1. The summed E-state index contributed by atoms with van der Waals surface area (Å²) < 4.78 is 5.36. The molecule has 16 heavy (non-hydrogen) atoms. The molecule has 1 atom stereocenters. The van der Waals surface area contributed by atoms with Gasteiger partial charge in [-0.25, -0.2) is 0 Å². The van der Waals surface area contributed by atoms with Crippen molar-refractivity contribution < 1.29 is 9.53 Å². The first kappa shape index (κ1) is 13.1. The summed E-state index contributed by atoms with van der Waals surface area (Å²) in [7, 11) is 0. The molecule has 4 heteroatoms. The van der Waals surface area contributed by atoms with Crippen LogP contribution in [0.4, 0.5) is 0 Å². The summed E-state index contributed by atoms with van der Waals surface area (Å²) in [5.74, 6) is 0.0671. The second-order valence-corrected chi connectivity index (χ2v) is 3.87. The van der Waals surface area contributed by atoms with Gasteiger partial charge in [-0.05, 0) is 25.0 Å². The average Bonchev–Trinajstić information content (AvgIpc) is 2.29. The van der Waals surface area contributed by atoms with Crippen LogP contribution < -0.4 is 0 Å². The van der Waals surface area contributed by atoms with Gasteiger partial charge in [0.15, 0.2) is 5.78 Å². The molecule has 0 aliphatic rings. The summed E-state index contributed by atoms with van der Waals surface area (Å²) in [5.41, 5.74) is 0.805. The summed E-state index contributed by atoms with van der Waals surface area (Å²) in [4.78, 5) is 15.8. The molecular weight excluding hydrogens is 226 g/mol. The van der Waals surface area contributed by atoms with Gasteiger partial charge in [-0.15, -0.1) is 0 Å². The lowest BCUT2D eigenvalue weighted by Gasteiger charge is -2.13. The first-order valence-corrected chi connectivity index (χ1v) is 5.79. The van der Waals surface area contributed by atoms with E-state index >= 15 is 0 Å². The molecule has 0 fully saturated rings. The Morgan fingerprint density at radius 3 is 2.88 bits per heavy atom. The number of ketones is 1. The van der Waals surface area contributed by atoms with Crippen molar-refractivity contribution >= 4 is 17.4 Å². The Hall–Kier alpha value is -0.930. The molecule has 1 rings (SSSR count). The van der Waals surface area contributed by atoms with Crippen molar-refractivity contribution in [2.75, 3.05) is 6.61 Å². The first-order valence-electron chi connectivity index (χ1n) is 5.41. The van der Waals surface area contributed by atoms with Crippen LogP contribution >= 0.6 is 11.6 Å². The van der Waals surface area contributed by atoms with E-state index in [4.69, 9.17) is 16.3 Å². The number of pyridine rings is 1. The van der Waals surface area contributed by atoms with Crippen molar-refractivity contribution in [1.29, 1.82) is 0 Å². The summed E-state index contributed by atoms with van der Waals surface area (Å²) in [6.07, 6.45) is 3.85. The zero-order chi connectivity index (χ0) is 12.0. The van der Waals surface area contributed by atoms with Crippen LogP contribution in [0.3, 0.4) is 0 Å². The maximum absolute atomic E-state index is 11.9. The predicted molar refractivity (Wildman–Crippen MR) is 63.7 cm³/mol. The molecule has 88 valence electrons. The van der Waals surface area contributed by atoms with E-state index in [1.54, 1.807) is 18.5 Å². The minimum absolute atomic E-state index is 0.0671. The van der Waals surface area contributed by atoms with Gasteiger partial charge in [0.1, 0.15) is 6.10 Å². The van der Waals surface area contributed by atoms with Crippen LogP contribution in [0.15, 0.2) is 18.5 Å². The summed E-state index contributed by atoms with van der Waals surface area (Å²) >= 11 is 5.94. The second-order valence-electron chi connectivity index (χ2n) is 3.46. The second kappa shape index (κ2) is 6.61. The van der Waals surface area contributed by atoms with Crippen LogP contribution in [0.2, 0.25) is 5.02 Å². The summed E-state index contributed by atoms with van der Waals surface area (Å²) in [6, 6.07) is 1.76. The lowest BCUT2D eigenvalue weighted by molar-refractivity contribution is -0.129. The summed E-state index contributed by atoms with van der Waals surface area (Å²) in [6.45, 7) is 4.37. The van der Waals surface area contributed by atoms with Gasteiger partial charge >= 0.3 is 0 Å². The van der Waals surface area contributed by atoms with Crippen LogP contribution in [-0.4, -0.2) is 23.5 Å². The molecule has 0 saturated carbocycles. The first-order chi connectivity index (χ1) is 7.69. The van der Waals surface area contributed by atoms with Gasteiger partial charge < -0.3 is 4.74 Å². The van der Waals surface area contributed by atoms with E-state index in [2.05, 4.69) is 4.98 Å². The van der Waals surface area contributed by atoms with Crippen molar-refractivity contribution in [2.45, 2.75) is 32.8 Å². The number of carbonyl (C=O) groups excluding carboxylic acids is 1. The highest BCUT2D eigenvalue weighted by molar-refractivity contribution is 6.31. The third-order valence-corrected chi connectivity index (χ3v) is 2.66. The smallest absolute Gasteiger partial charge is 0.165 e. The van der Waals surface area contributed by atoms with Gasteiger partial charge in [-0.3, -0.25) is 9.78 Å². The summed E-state index contributed by atoms with van der Waals surface area (Å²) in [5, 5.41) is 0.530. The fraction of sp³-hybridized carbons (Fsp3) is 0.500. The molecule has 0 bridgehead atoms. The van der Waals surface area contributed by atoms with Crippen molar-refractivity contribution in [1.82, 2.24) is 4.98 Å². The van der Waals surface area contributed by atoms with E-state index in [-0.39, 0.29) is 11.9 Å². The number of halogens is 1. The maximum Gasteiger partial charge on any atom is 0.165 e. The normalized spacial score (nSPS) is 12.4. The molecule has 1 unspecified atom stereocenters. The standard InChI is InChI=1S/C12H16ClNO2/c1-3-12(16-4-2)11(15)7-9-5-6-14-8-10(9)13/h5-6,8,12H,3-4,7H2,1-2H3. The van der Waals surface area contributed by atoms with Gasteiger partial charge in [-0.1, -0.05) is 18.5 Å². The van der Waals surface area contributed by atoms with E-state index in [0.29, 0.717) is 24.5 Å². The van der Waals surface area contributed by atoms with E-state index in [0.717, 1.165) is 5.56 Å². The highest BCUT2D eigenvalue weighted by atomic mass is 35.5. The van der Waals surface area contributed by atoms with E-state index < -0.39 is 0 Å². The molecule has 0 aliphatic heterocycles. The van der Waals surface area contributed by atoms with Gasteiger partial charge in [0.2, 0.25) is 0 Å². The van der Waals surface area contributed by atoms with Crippen molar-refractivity contribution in [3.8, 4) is 0 Å². The molecule has 0 saturated heterocycles. The molecule has 0 aromatic carbocycles. The van der Waals surface area contributed by atoms with Crippen molar-refractivity contribution in [2.24, 2.45) is 0 Å². The SMILES string of the molecule is CCOC(CC)C(=O)Cc1ccncc1Cl. The number of rotatable bonds is 6. The van der Waals surface area contributed by atoms with Crippen molar-refractivity contribution in [3.05, 3.63) is 29.0 Å².